The highest BCUT2D eigenvalue weighted by Gasteiger charge is 1.98. The Kier molecular flexibility index (Phi) is 5.96. The van der Waals surface area contributed by atoms with Crippen LogP contribution in [0.5, 0.6) is 0 Å². The second kappa shape index (κ2) is 7.02. The molecular formula is C13H19BrO. The lowest BCUT2D eigenvalue weighted by Gasteiger charge is -2.09. The van der Waals surface area contributed by atoms with Crippen LogP contribution in [0.15, 0.2) is 28.7 Å². The third-order valence-electron chi connectivity index (χ3n) is 2.55. The molecule has 1 nitrogen and oxygen atoms in total. The molecule has 84 valence electrons. The standard InChI is InChI=1S/C13H19BrO/c1-3-11(2)10-15-9-8-12-4-6-13(14)7-5-12/h4-7,11H,3,8-10H2,1-2H3/t11-/m0/s1. The zero-order valence-corrected chi connectivity index (χ0v) is 11.1. The Morgan fingerprint density at radius 2 is 1.93 bits per heavy atom. The van der Waals surface area contributed by atoms with Gasteiger partial charge in [0.15, 0.2) is 0 Å². The van der Waals surface area contributed by atoms with Gasteiger partial charge in [0.1, 0.15) is 0 Å². The monoisotopic (exact) mass is 270 g/mol. The van der Waals surface area contributed by atoms with E-state index in [0.29, 0.717) is 5.92 Å². The maximum atomic E-state index is 5.61. The van der Waals surface area contributed by atoms with Crippen LogP contribution in [0.1, 0.15) is 25.8 Å². The molecule has 0 bridgehead atoms. The average Bonchev–Trinajstić information content (AvgIpc) is 2.26. The van der Waals surface area contributed by atoms with Gasteiger partial charge in [-0.1, -0.05) is 48.3 Å². The third-order valence-corrected chi connectivity index (χ3v) is 3.08. The molecule has 0 aliphatic heterocycles. The van der Waals surface area contributed by atoms with E-state index in [9.17, 15) is 0 Å². The Morgan fingerprint density at radius 1 is 1.27 bits per heavy atom. The van der Waals surface area contributed by atoms with Gasteiger partial charge >= 0.3 is 0 Å². The summed E-state index contributed by atoms with van der Waals surface area (Å²) in [5, 5.41) is 0. The first kappa shape index (κ1) is 12.7. The molecule has 0 spiro atoms. The van der Waals surface area contributed by atoms with Gasteiger partial charge in [0.05, 0.1) is 6.61 Å². The van der Waals surface area contributed by atoms with Gasteiger partial charge in [-0.25, -0.2) is 0 Å². The molecule has 0 aromatic heterocycles. The van der Waals surface area contributed by atoms with Crippen LogP contribution in [0.3, 0.4) is 0 Å². The highest BCUT2D eigenvalue weighted by atomic mass is 79.9. The average molecular weight is 271 g/mol. The Labute approximate surface area is 101 Å². The quantitative estimate of drug-likeness (QED) is 0.709. The Hall–Kier alpha value is -0.340. The third kappa shape index (κ3) is 5.33. The molecule has 1 aromatic carbocycles. The fourth-order valence-electron chi connectivity index (χ4n) is 1.24. The number of hydrogen-bond donors (Lipinski definition) is 0. The van der Waals surface area contributed by atoms with Crippen molar-refractivity contribution in [2.45, 2.75) is 26.7 Å². The summed E-state index contributed by atoms with van der Waals surface area (Å²) < 4.78 is 6.74. The molecule has 0 unspecified atom stereocenters. The molecule has 0 radical (unpaired) electrons. The highest BCUT2D eigenvalue weighted by molar-refractivity contribution is 9.10. The van der Waals surface area contributed by atoms with Crippen molar-refractivity contribution in [3.63, 3.8) is 0 Å². The minimum Gasteiger partial charge on any atom is -0.381 e. The van der Waals surface area contributed by atoms with Crippen molar-refractivity contribution >= 4 is 15.9 Å². The van der Waals surface area contributed by atoms with E-state index < -0.39 is 0 Å². The van der Waals surface area contributed by atoms with Crippen molar-refractivity contribution in [2.24, 2.45) is 5.92 Å². The highest BCUT2D eigenvalue weighted by Crippen LogP contribution is 2.11. The Balaban J connectivity index is 2.17. The fraction of sp³-hybridized carbons (Fsp3) is 0.538. The van der Waals surface area contributed by atoms with Crippen LogP contribution >= 0.6 is 15.9 Å². The SMILES string of the molecule is CC[C@H](C)COCCc1ccc(Br)cc1. The zero-order valence-electron chi connectivity index (χ0n) is 9.50. The van der Waals surface area contributed by atoms with Crippen molar-refractivity contribution in [2.75, 3.05) is 13.2 Å². The number of hydrogen-bond acceptors (Lipinski definition) is 1. The molecule has 0 aliphatic rings. The molecule has 0 N–H and O–H groups in total. The van der Waals surface area contributed by atoms with E-state index >= 15 is 0 Å². The van der Waals surface area contributed by atoms with Crippen LogP contribution in [0, 0.1) is 5.92 Å². The van der Waals surface area contributed by atoms with Gasteiger partial charge in [-0.3, -0.25) is 0 Å². The summed E-state index contributed by atoms with van der Waals surface area (Å²) in [5.74, 6) is 0.676. The van der Waals surface area contributed by atoms with Crippen LogP contribution in [-0.2, 0) is 11.2 Å². The largest absolute Gasteiger partial charge is 0.381 e. The first-order valence-corrected chi connectivity index (χ1v) is 6.34. The molecule has 0 heterocycles. The van der Waals surface area contributed by atoms with Gasteiger partial charge in [0, 0.05) is 11.1 Å². The predicted octanol–water partition coefficient (Wildman–Crippen LogP) is 4.05. The topological polar surface area (TPSA) is 9.23 Å². The number of halogens is 1. The summed E-state index contributed by atoms with van der Waals surface area (Å²) in [4.78, 5) is 0. The molecular weight excluding hydrogens is 252 g/mol. The van der Waals surface area contributed by atoms with Gasteiger partial charge in [-0.2, -0.15) is 0 Å². The molecule has 2 heteroatoms. The maximum Gasteiger partial charge on any atom is 0.0506 e. The number of ether oxygens (including phenoxy) is 1. The van der Waals surface area contributed by atoms with Crippen LogP contribution in [0.2, 0.25) is 0 Å². The van der Waals surface area contributed by atoms with E-state index in [4.69, 9.17) is 4.74 Å². The van der Waals surface area contributed by atoms with Crippen LogP contribution < -0.4 is 0 Å². The maximum absolute atomic E-state index is 5.61. The molecule has 15 heavy (non-hydrogen) atoms. The van der Waals surface area contributed by atoms with Gasteiger partial charge in [-0.15, -0.1) is 0 Å². The number of rotatable bonds is 6. The van der Waals surface area contributed by atoms with Crippen LogP contribution in [0.4, 0.5) is 0 Å². The van der Waals surface area contributed by atoms with Gasteiger partial charge in [0.25, 0.3) is 0 Å². The van der Waals surface area contributed by atoms with E-state index in [1.165, 1.54) is 12.0 Å². The lowest BCUT2D eigenvalue weighted by atomic mass is 10.1. The van der Waals surface area contributed by atoms with Crippen molar-refractivity contribution in [1.82, 2.24) is 0 Å². The molecule has 0 saturated heterocycles. The second-order valence-electron chi connectivity index (χ2n) is 3.96. The molecule has 0 amide bonds. The fourth-order valence-corrected chi connectivity index (χ4v) is 1.51. The summed E-state index contributed by atoms with van der Waals surface area (Å²) in [5.41, 5.74) is 1.34. The zero-order chi connectivity index (χ0) is 11.1. The van der Waals surface area contributed by atoms with E-state index in [1.807, 2.05) is 0 Å². The molecule has 0 fully saturated rings. The lowest BCUT2D eigenvalue weighted by molar-refractivity contribution is 0.106. The molecule has 0 saturated carbocycles. The second-order valence-corrected chi connectivity index (χ2v) is 4.88. The first-order valence-electron chi connectivity index (χ1n) is 5.54. The van der Waals surface area contributed by atoms with Crippen molar-refractivity contribution in [1.29, 1.82) is 0 Å². The molecule has 0 aliphatic carbocycles. The Morgan fingerprint density at radius 3 is 2.53 bits per heavy atom. The van der Waals surface area contributed by atoms with Gasteiger partial charge < -0.3 is 4.74 Å². The van der Waals surface area contributed by atoms with Crippen LogP contribution in [0.25, 0.3) is 0 Å². The van der Waals surface area contributed by atoms with E-state index in [1.54, 1.807) is 0 Å². The summed E-state index contributed by atoms with van der Waals surface area (Å²) in [6, 6.07) is 8.42. The molecule has 1 atom stereocenters. The number of benzene rings is 1. The van der Waals surface area contributed by atoms with Crippen molar-refractivity contribution in [3.05, 3.63) is 34.3 Å². The summed E-state index contributed by atoms with van der Waals surface area (Å²) in [6.45, 7) is 6.13. The van der Waals surface area contributed by atoms with E-state index in [2.05, 4.69) is 54.0 Å². The van der Waals surface area contributed by atoms with E-state index in [-0.39, 0.29) is 0 Å². The summed E-state index contributed by atoms with van der Waals surface area (Å²) >= 11 is 3.42. The minimum absolute atomic E-state index is 0.676. The van der Waals surface area contributed by atoms with E-state index in [0.717, 1.165) is 24.1 Å². The first-order chi connectivity index (χ1) is 7.22. The smallest absolute Gasteiger partial charge is 0.0506 e. The molecule has 1 rings (SSSR count). The lowest BCUT2D eigenvalue weighted by Crippen LogP contribution is -2.07. The molecule has 1 aromatic rings. The van der Waals surface area contributed by atoms with Crippen molar-refractivity contribution in [3.8, 4) is 0 Å². The minimum atomic E-state index is 0.676. The van der Waals surface area contributed by atoms with Crippen molar-refractivity contribution < 1.29 is 4.74 Å². The predicted molar refractivity (Wildman–Crippen MR) is 68.1 cm³/mol. The summed E-state index contributed by atoms with van der Waals surface area (Å²) in [7, 11) is 0. The Bertz CT molecular complexity index is 268. The van der Waals surface area contributed by atoms with Gasteiger partial charge in [-0.05, 0) is 30.0 Å². The van der Waals surface area contributed by atoms with Crippen LogP contribution in [-0.4, -0.2) is 13.2 Å². The normalized spacial score (nSPS) is 12.7. The van der Waals surface area contributed by atoms with Gasteiger partial charge in [0.2, 0.25) is 0 Å². The summed E-state index contributed by atoms with van der Waals surface area (Å²) in [6.07, 6.45) is 2.20.